The van der Waals surface area contributed by atoms with E-state index in [-0.39, 0.29) is 41.6 Å². The first-order valence-electron chi connectivity index (χ1n) is 10.5. The molecule has 0 radical (unpaired) electrons. The molecular weight excluding hydrogens is 487 g/mol. The first-order valence-corrected chi connectivity index (χ1v) is 10.5. The molecule has 1 aliphatic heterocycles. The van der Waals surface area contributed by atoms with Crippen molar-refractivity contribution in [1.82, 2.24) is 16.0 Å². The molecule has 3 N–H and O–H groups in total. The monoisotopic (exact) mass is 522 g/mol. The average molecular weight is 522 g/mol. The Hall–Kier alpha value is -1.64. The van der Waals surface area contributed by atoms with Crippen molar-refractivity contribution >= 4 is 29.9 Å². The highest BCUT2D eigenvalue weighted by atomic mass is 127. The van der Waals surface area contributed by atoms with Crippen LogP contribution in [0.5, 0.6) is 0 Å². The molecule has 0 saturated carbocycles. The van der Waals surface area contributed by atoms with Crippen LogP contribution in [0, 0.1) is 0 Å². The van der Waals surface area contributed by atoms with Crippen LogP contribution in [0.15, 0.2) is 65.7 Å². The first-order chi connectivity index (χ1) is 14.1. The maximum absolute atomic E-state index is 5.65. The Labute approximate surface area is 198 Å². The molecule has 2 atom stereocenters. The van der Waals surface area contributed by atoms with Crippen LogP contribution < -0.4 is 16.0 Å². The van der Waals surface area contributed by atoms with Crippen LogP contribution in [0.1, 0.15) is 49.9 Å². The third-order valence-corrected chi connectivity index (χ3v) is 5.74. The van der Waals surface area contributed by atoms with Crippen LogP contribution in [-0.2, 0) is 4.74 Å². The summed E-state index contributed by atoms with van der Waals surface area (Å²) >= 11 is 0. The van der Waals surface area contributed by atoms with E-state index in [2.05, 4.69) is 89.4 Å². The van der Waals surface area contributed by atoms with Crippen LogP contribution in [0.3, 0.4) is 0 Å². The molecule has 1 aliphatic rings. The Kier molecular flexibility index (Phi) is 10.1. The van der Waals surface area contributed by atoms with Gasteiger partial charge in [0.2, 0.25) is 0 Å². The lowest BCUT2D eigenvalue weighted by Crippen LogP contribution is -2.58. The van der Waals surface area contributed by atoms with Gasteiger partial charge in [-0.2, -0.15) is 0 Å². The van der Waals surface area contributed by atoms with Gasteiger partial charge in [0, 0.05) is 38.4 Å². The van der Waals surface area contributed by atoms with Crippen molar-refractivity contribution in [3.05, 3.63) is 71.8 Å². The number of rotatable bonds is 7. The van der Waals surface area contributed by atoms with E-state index in [0.717, 1.165) is 38.6 Å². The minimum absolute atomic E-state index is 0. The van der Waals surface area contributed by atoms with Gasteiger partial charge in [-0.15, -0.1) is 24.0 Å². The predicted molar refractivity (Wildman–Crippen MR) is 136 cm³/mol. The summed E-state index contributed by atoms with van der Waals surface area (Å²) in [5.41, 5.74) is 2.52. The van der Waals surface area contributed by atoms with Crippen LogP contribution in [0.25, 0.3) is 0 Å². The zero-order valence-corrected chi connectivity index (χ0v) is 20.6. The topological polar surface area (TPSA) is 57.7 Å². The number of ether oxygens (including phenoxy) is 1. The highest BCUT2D eigenvalue weighted by molar-refractivity contribution is 14.0. The summed E-state index contributed by atoms with van der Waals surface area (Å²) in [6.07, 6.45) is 1.95. The molecule has 5 nitrogen and oxygen atoms in total. The molecule has 164 valence electrons. The number of benzene rings is 2. The lowest BCUT2D eigenvalue weighted by atomic mass is 9.88. The second kappa shape index (κ2) is 12.3. The lowest BCUT2D eigenvalue weighted by Gasteiger charge is -2.41. The number of guanidine groups is 1. The second-order valence-electron chi connectivity index (χ2n) is 7.87. The van der Waals surface area contributed by atoms with E-state index in [4.69, 9.17) is 4.74 Å². The molecule has 2 unspecified atom stereocenters. The molecule has 0 aromatic heterocycles. The van der Waals surface area contributed by atoms with E-state index < -0.39 is 0 Å². The van der Waals surface area contributed by atoms with E-state index in [1.807, 2.05) is 13.1 Å². The van der Waals surface area contributed by atoms with Crippen molar-refractivity contribution in [2.75, 3.05) is 26.8 Å². The normalized spacial score (nSPS) is 18.0. The Bertz CT molecular complexity index is 763. The first kappa shape index (κ1) is 24.6. The largest absolute Gasteiger partial charge is 0.381 e. The molecule has 30 heavy (non-hydrogen) atoms. The highest BCUT2D eigenvalue weighted by Crippen LogP contribution is 2.25. The molecule has 1 saturated heterocycles. The molecule has 0 aliphatic carbocycles. The van der Waals surface area contributed by atoms with E-state index >= 15 is 0 Å². The molecule has 2 aromatic carbocycles. The average Bonchev–Trinajstić information content (AvgIpc) is 2.78. The van der Waals surface area contributed by atoms with Crippen molar-refractivity contribution in [1.29, 1.82) is 0 Å². The van der Waals surface area contributed by atoms with Gasteiger partial charge in [-0.1, -0.05) is 60.7 Å². The molecule has 0 bridgehead atoms. The fourth-order valence-electron chi connectivity index (χ4n) is 3.90. The molecule has 3 rings (SSSR count). The van der Waals surface area contributed by atoms with Gasteiger partial charge in [0.25, 0.3) is 0 Å². The Morgan fingerprint density at radius 2 is 1.47 bits per heavy atom. The second-order valence-corrected chi connectivity index (χ2v) is 7.87. The van der Waals surface area contributed by atoms with Gasteiger partial charge in [-0.25, -0.2) is 0 Å². The summed E-state index contributed by atoms with van der Waals surface area (Å²) in [4.78, 5) is 4.44. The zero-order chi connectivity index (χ0) is 20.5. The standard InChI is InChI=1S/C24H34N4O.HI/c1-19(21-10-6-4-7-11-21)27-23(25-3)26-18-24(14-16-29-17-15-24)28-20(2)22-12-8-5-9-13-22;/h4-13,19-20,28H,14-18H2,1-3H3,(H2,25,26,27);1H. The highest BCUT2D eigenvalue weighted by Gasteiger charge is 2.34. The van der Waals surface area contributed by atoms with Crippen LogP contribution in [0.4, 0.5) is 0 Å². The van der Waals surface area contributed by atoms with E-state index in [1.165, 1.54) is 11.1 Å². The summed E-state index contributed by atoms with van der Waals surface area (Å²) in [5.74, 6) is 0.821. The number of hydrogen-bond donors (Lipinski definition) is 3. The summed E-state index contributed by atoms with van der Waals surface area (Å²) < 4.78 is 5.65. The van der Waals surface area contributed by atoms with Gasteiger partial charge in [0.1, 0.15) is 0 Å². The summed E-state index contributed by atoms with van der Waals surface area (Å²) in [6.45, 7) is 6.75. The van der Waals surface area contributed by atoms with Gasteiger partial charge in [-0.3, -0.25) is 4.99 Å². The van der Waals surface area contributed by atoms with E-state index in [0.29, 0.717) is 0 Å². The maximum atomic E-state index is 5.65. The number of nitrogens with one attached hydrogen (secondary N) is 3. The predicted octanol–water partition coefficient (Wildman–Crippen LogP) is 4.43. The Balaban J connectivity index is 0.00000320. The Morgan fingerprint density at radius 3 is 2.00 bits per heavy atom. The maximum Gasteiger partial charge on any atom is 0.191 e. The fourth-order valence-corrected chi connectivity index (χ4v) is 3.90. The third-order valence-electron chi connectivity index (χ3n) is 5.74. The van der Waals surface area contributed by atoms with Gasteiger partial charge in [0.05, 0.1) is 6.04 Å². The van der Waals surface area contributed by atoms with Gasteiger partial charge in [0.15, 0.2) is 5.96 Å². The number of aliphatic imine (C=N–C) groups is 1. The van der Waals surface area contributed by atoms with Gasteiger partial charge < -0.3 is 20.7 Å². The van der Waals surface area contributed by atoms with E-state index in [1.54, 1.807) is 0 Å². The molecule has 1 fully saturated rings. The van der Waals surface area contributed by atoms with Crippen LogP contribution >= 0.6 is 24.0 Å². The minimum Gasteiger partial charge on any atom is -0.381 e. The van der Waals surface area contributed by atoms with Crippen LogP contribution in [0.2, 0.25) is 0 Å². The van der Waals surface area contributed by atoms with Crippen molar-refractivity contribution in [2.45, 2.75) is 44.3 Å². The lowest BCUT2D eigenvalue weighted by molar-refractivity contribution is 0.0354. The number of halogens is 1. The van der Waals surface area contributed by atoms with Crippen molar-refractivity contribution < 1.29 is 4.74 Å². The van der Waals surface area contributed by atoms with Crippen molar-refractivity contribution in [3.63, 3.8) is 0 Å². The molecule has 0 spiro atoms. The third kappa shape index (κ3) is 6.96. The molecular formula is C24H35IN4O. The molecule has 1 heterocycles. The van der Waals surface area contributed by atoms with E-state index in [9.17, 15) is 0 Å². The number of nitrogens with zero attached hydrogens (tertiary/aromatic N) is 1. The fraction of sp³-hybridized carbons (Fsp3) is 0.458. The van der Waals surface area contributed by atoms with Gasteiger partial charge >= 0.3 is 0 Å². The molecule has 2 aromatic rings. The summed E-state index contributed by atoms with van der Waals surface area (Å²) in [7, 11) is 1.82. The van der Waals surface area contributed by atoms with Crippen LogP contribution in [-0.4, -0.2) is 38.3 Å². The summed E-state index contributed by atoms with van der Waals surface area (Å²) in [6, 6.07) is 21.5. The van der Waals surface area contributed by atoms with Crippen molar-refractivity contribution in [3.8, 4) is 0 Å². The Morgan fingerprint density at radius 1 is 0.933 bits per heavy atom. The summed E-state index contributed by atoms with van der Waals surface area (Å²) in [5, 5.41) is 11.0. The number of hydrogen-bond acceptors (Lipinski definition) is 3. The smallest absolute Gasteiger partial charge is 0.191 e. The SMILES string of the molecule is CN=C(NCC1(NC(C)c2ccccc2)CCOCC1)NC(C)c1ccccc1.I. The molecule has 0 amide bonds. The quantitative estimate of drug-likeness (QED) is 0.286. The van der Waals surface area contributed by atoms with Crippen molar-refractivity contribution in [2.24, 2.45) is 4.99 Å². The minimum atomic E-state index is -0.0267. The van der Waals surface area contributed by atoms with Gasteiger partial charge in [-0.05, 0) is 37.8 Å². The molecule has 6 heteroatoms. The zero-order valence-electron chi connectivity index (χ0n) is 18.2.